The maximum Gasteiger partial charge on any atom is 0.423 e. The van der Waals surface area contributed by atoms with Gasteiger partial charge in [0.05, 0.1) is 5.69 Å². The van der Waals surface area contributed by atoms with Crippen LogP contribution in [-0.4, -0.2) is 14.6 Å². The van der Waals surface area contributed by atoms with Gasteiger partial charge in [-0.15, -0.1) is 0 Å². The number of rotatable bonds is 2. The molecule has 0 saturated heterocycles. The van der Waals surface area contributed by atoms with Crippen molar-refractivity contribution in [2.24, 2.45) is 0 Å². The number of nitrogens with one attached hydrogen (secondary N) is 1. The third kappa shape index (κ3) is 3.57. The summed E-state index contributed by atoms with van der Waals surface area (Å²) in [7, 11) is 0. The summed E-state index contributed by atoms with van der Waals surface area (Å²) in [5, 5.41) is 14.8. The Morgan fingerprint density at radius 1 is 1.17 bits per heavy atom. The molecule has 1 aromatic carbocycles. The van der Waals surface area contributed by atoms with Crippen molar-refractivity contribution >= 4 is 28.8 Å². The van der Waals surface area contributed by atoms with Crippen molar-refractivity contribution in [1.82, 2.24) is 14.6 Å². The van der Waals surface area contributed by atoms with Gasteiger partial charge in [0.25, 0.3) is 5.56 Å². The number of aromatic amines is 1. The van der Waals surface area contributed by atoms with Gasteiger partial charge >= 0.3 is 6.18 Å². The summed E-state index contributed by atoms with van der Waals surface area (Å²) < 4.78 is 39.8. The summed E-state index contributed by atoms with van der Waals surface area (Å²) in [4.78, 5) is 14.7. The van der Waals surface area contributed by atoms with Crippen molar-refractivity contribution in [3.63, 3.8) is 0 Å². The summed E-state index contributed by atoms with van der Waals surface area (Å²) in [6.45, 7) is 0. The minimum atomic E-state index is -4.81. The molecule has 1 saturated carbocycles. The standard InChI is InChI=1S/C20H15Cl2F3N4O/c21-12-5-6-13(16(22)7-12)10-1-3-11(4-2-10)17-14(8-26)18-27-9-15(20(23,24)25)19(30)29(18)28-17/h5-7,9-11,27H,1-4H2. The van der Waals surface area contributed by atoms with Crippen LogP contribution >= 0.6 is 23.2 Å². The topological polar surface area (TPSA) is 74.0 Å². The van der Waals surface area contributed by atoms with Crippen LogP contribution in [0.4, 0.5) is 13.2 Å². The minimum absolute atomic E-state index is 0.0200. The molecule has 4 rings (SSSR count). The highest BCUT2D eigenvalue weighted by atomic mass is 35.5. The number of halogens is 5. The van der Waals surface area contributed by atoms with Gasteiger partial charge in [0.2, 0.25) is 0 Å². The Labute approximate surface area is 179 Å². The molecule has 30 heavy (non-hydrogen) atoms. The van der Waals surface area contributed by atoms with E-state index < -0.39 is 17.3 Å². The van der Waals surface area contributed by atoms with Crippen molar-refractivity contribution in [3.05, 3.63) is 67.2 Å². The van der Waals surface area contributed by atoms with E-state index >= 15 is 0 Å². The van der Waals surface area contributed by atoms with E-state index in [1.54, 1.807) is 12.1 Å². The zero-order valence-electron chi connectivity index (χ0n) is 15.4. The first-order valence-electron chi connectivity index (χ1n) is 9.27. The number of hydrogen-bond acceptors (Lipinski definition) is 3. The van der Waals surface area contributed by atoms with Crippen LogP contribution in [0, 0.1) is 11.3 Å². The second-order valence-corrected chi connectivity index (χ2v) is 8.20. The summed E-state index contributed by atoms with van der Waals surface area (Å²) in [5.41, 5.74) is -1.21. The lowest BCUT2D eigenvalue weighted by atomic mass is 9.77. The van der Waals surface area contributed by atoms with Crippen LogP contribution in [0.25, 0.3) is 5.65 Å². The van der Waals surface area contributed by atoms with E-state index in [-0.39, 0.29) is 23.0 Å². The minimum Gasteiger partial charge on any atom is -0.345 e. The van der Waals surface area contributed by atoms with Crippen molar-refractivity contribution in [2.75, 3.05) is 0 Å². The highest BCUT2D eigenvalue weighted by molar-refractivity contribution is 6.35. The normalized spacial score (nSPS) is 19.7. The van der Waals surface area contributed by atoms with Crippen LogP contribution in [0.15, 0.2) is 29.2 Å². The molecule has 1 N–H and O–H groups in total. The quantitative estimate of drug-likeness (QED) is 0.542. The van der Waals surface area contributed by atoms with E-state index in [4.69, 9.17) is 23.2 Å². The van der Waals surface area contributed by atoms with Crippen LogP contribution in [0.5, 0.6) is 0 Å². The van der Waals surface area contributed by atoms with Crippen LogP contribution in [0.3, 0.4) is 0 Å². The molecule has 156 valence electrons. The van der Waals surface area contributed by atoms with Crippen LogP contribution in [0.2, 0.25) is 10.0 Å². The van der Waals surface area contributed by atoms with E-state index in [0.29, 0.717) is 39.3 Å². The lowest BCUT2D eigenvalue weighted by molar-refractivity contribution is -0.139. The average molecular weight is 455 g/mol. The van der Waals surface area contributed by atoms with Gasteiger partial charge in [-0.25, -0.2) is 0 Å². The molecular formula is C20H15Cl2F3N4O. The summed E-state index contributed by atoms with van der Waals surface area (Å²) in [6, 6.07) is 7.38. The molecule has 2 heterocycles. The smallest absolute Gasteiger partial charge is 0.345 e. The summed E-state index contributed by atoms with van der Waals surface area (Å²) in [6.07, 6.45) is -1.34. The fourth-order valence-electron chi connectivity index (χ4n) is 4.14. The molecule has 0 amide bonds. The Bertz CT molecular complexity index is 1220. The molecule has 0 spiro atoms. The fraction of sp³-hybridized carbons (Fsp3) is 0.350. The van der Waals surface area contributed by atoms with Gasteiger partial charge in [0, 0.05) is 22.2 Å². The first kappa shape index (κ1) is 20.8. The van der Waals surface area contributed by atoms with Gasteiger partial charge in [0.15, 0.2) is 5.65 Å². The predicted octanol–water partition coefficient (Wildman–Crippen LogP) is 5.66. The number of H-pyrrole nitrogens is 1. The predicted molar refractivity (Wildman–Crippen MR) is 106 cm³/mol. The number of benzene rings is 1. The molecule has 1 fully saturated rings. The second-order valence-electron chi connectivity index (χ2n) is 7.35. The molecule has 0 aliphatic heterocycles. The van der Waals surface area contributed by atoms with Gasteiger partial charge in [-0.1, -0.05) is 29.3 Å². The van der Waals surface area contributed by atoms with Crippen molar-refractivity contribution in [1.29, 1.82) is 5.26 Å². The van der Waals surface area contributed by atoms with Crippen LogP contribution < -0.4 is 5.56 Å². The average Bonchev–Trinajstić information content (AvgIpc) is 3.07. The second kappa shape index (κ2) is 7.64. The van der Waals surface area contributed by atoms with E-state index in [2.05, 4.69) is 10.1 Å². The van der Waals surface area contributed by atoms with E-state index in [1.807, 2.05) is 12.1 Å². The first-order chi connectivity index (χ1) is 14.2. The highest BCUT2D eigenvalue weighted by Gasteiger charge is 2.36. The fourth-order valence-corrected chi connectivity index (χ4v) is 4.70. The highest BCUT2D eigenvalue weighted by Crippen LogP contribution is 2.43. The summed E-state index contributed by atoms with van der Waals surface area (Å²) in [5.74, 6) is 0.0797. The van der Waals surface area contributed by atoms with E-state index in [1.165, 1.54) is 0 Å². The molecule has 0 bridgehead atoms. The number of hydrogen-bond donors (Lipinski definition) is 1. The number of nitrogens with zero attached hydrogens (tertiary/aromatic N) is 3. The van der Waals surface area contributed by atoms with Crippen LogP contribution in [0.1, 0.15) is 59.9 Å². The molecule has 2 aromatic heterocycles. The molecule has 3 aromatic rings. The monoisotopic (exact) mass is 454 g/mol. The lowest BCUT2D eigenvalue weighted by Crippen LogP contribution is -2.26. The van der Waals surface area contributed by atoms with E-state index in [9.17, 15) is 23.2 Å². The van der Waals surface area contributed by atoms with Gasteiger partial charge in [-0.2, -0.15) is 28.0 Å². The summed E-state index contributed by atoms with van der Waals surface area (Å²) >= 11 is 12.3. The van der Waals surface area contributed by atoms with Crippen molar-refractivity contribution in [3.8, 4) is 6.07 Å². The SMILES string of the molecule is N#Cc1c(C2CCC(c3ccc(Cl)cc3Cl)CC2)nn2c(=O)c(C(F)(F)F)c[nH]c12. The molecule has 5 nitrogen and oxygen atoms in total. The van der Waals surface area contributed by atoms with Gasteiger partial charge < -0.3 is 4.98 Å². The Hall–Kier alpha value is -2.50. The first-order valence-corrected chi connectivity index (χ1v) is 10.0. The number of aromatic nitrogens is 3. The zero-order valence-corrected chi connectivity index (χ0v) is 16.9. The Morgan fingerprint density at radius 3 is 2.43 bits per heavy atom. The van der Waals surface area contributed by atoms with Gasteiger partial charge in [0.1, 0.15) is 17.2 Å². The lowest BCUT2D eigenvalue weighted by Gasteiger charge is -2.28. The molecule has 1 aliphatic carbocycles. The third-order valence-corrected chi connectivity index (χ3v) is 6.18. The molecule has 10 heteroatoms. The molecule has 0 atom stereocenters. The molecule has 0 radical (unpaired) electrons. The number of nitriles is 1. The number of fused-ring (bicyclic) bond motifs is 1. The zero-order chi connectivity index (χ0) is 21.6. The van der Waals surface area contributed by atoms with E-state index in [0.717, 1.165) is 18.4 Å². The van der Waals surface area contributed by atoms with Crippen molar-refractivity contribution < 1.29 is 13.2 Å². The maximum atomic E-state index is 13.0. The van der Waals surface area contributed by atoms with Crippen molar-refractivity contribution in [2.45, 2.75) is 43.7 Å². The van der Waals surface area contributed by atoms with Gasteiger partial charge in [-0.05, 0) is 49.3 Å². The maximum absolute atomic E-state index is 13.0. The Morgan fingerprint density at radius 2 is 1.83 bits per heavy atom. The largest absolute Gasteiger partial charge is 0.423 e. The molecule has 1 aliphatic rings. The Kier molecular flexibility index (Phi) is 5.28. The molecular weight excluding hydrogens is 440 g/mol. The Balaban J connectivity index is 1.65. The number of alkyl halides is 3. The third-order valence-electron chi connectivity index (χ3n) is 5.62. The van der Waals surface area contributed by atoms with Crippen LogP contribution in [-0.2, 0) is 6.18 Å². The van der Waals surface area contributed by atoms with Gasteiger partial charge in [-0.3, -0.25) is 4.79 Å². The molecule has 0 unspecified atom stereocenters.